The monoisotopic (exact) mass is 224 g/mol. The minimum Gasteiger partial charge on any atom is -0.340 e. The average Bonchev–Trinajstić information content (AvgIpc) is 2.49. The summed E-state index contributed by atoms with van der Waals surface area (Å²) in [5.41, 5.74) is 1.28. The second-order valence-corrected chi connectivity index (χ2v) is 5.08. The van der Waals surface area contributed by atoms with Crippen LogP contribution in [0.1, 0.15) is 10.4 Å². The third-order valence-electron chi connectivity index (χ3n) is 2.86. The zero-order valence-corrected chi connectivity index (χ0v) is 9.93. The number of thiophene rings is 1. The normalized spacial score (nSPS) is 16.1. The average molecular weight is 224 g/mol. The van der Waals surface area contributed by atoms with E-state index in [9.17, 15) is 4.79 Å². The van der Waals surface area contributed by atoms with Crippen LogP contribution in [0.15, 0.2) is 11.4 Å². The molecule has 0 unspecified atom stereocenters. The Labute approximate surface area is 94.1 Å². The highest BCUT2D eigenvalue weighted by atomic mass is 32.1. The van der Waals surface area contributed by atoms with E-state index in [2.05, 4.69) is 23.7 Å². The summed E-state index contributed by atoms with van der Waals surface area (Å²) in [4.78, 5) is 15.0. The van der Waals surface area contributed by atoms with Crippen LogP contribution in [0, 0.1) is 12.8 Å². The van der Waals surface area contributed by atoms with E-state index in [-0.39, 0.29) is 11.8 Å². The maximum Gasteiger partial charge on any atom is 0.228 e. The van der Waals surface area contributed by atoms with Crippen molar-refractivity contribution in [3.05, 3.63) is 21.9 Å². The Morgan fingerprint density at radius 1 is 1.67 bits per heavy atom. The van der Waals surface area contributed by atoms with E-state index in [0.717, 1.165) is 19.6 Å². The molecule has 0 spiro atoms. The Balaban J connectivity index is 1.94. The molecular formula is C11H16N2OS. The number of carbonyl (C=O) groups is 1. The van der Waals surface area contributed by atoms with E-state index in [0.29, 0.717) is 0 Å². The lowest BCUT2D eigenvalue weighted by atomic mass is 10.0. The highest BCUT2D eigenvalue weighted by Crippen LogP contribution is 2.18. The Bertz CT molecular complexity index is 357. The van der Waals surface area contributed by atoms with Crippen molar-refractivity contribution in [1.29, 1.82) is 0 Å². The first-order chi connectivity index (χ1) is 7.18. The van der Waals surface area contributed by atoms with Gasteiger partial charge in [0.15, 0.2) is 0 Å². The van der Waals surface area contributed by atoms with Gasteiger partial charge in [0.1, 0.15) is 0 Å². The van der Waals surface area contributed by atoms with Gasteiger partial charge in [0.25, 0.3) is 0 Å². The van der Waals surface area contributed by atoms with Gasteiger partial charge in [-0.25, -0.2) is 0 Å². The molecule has 82 valence electrons. The van der Waals surface area contributed by atoms with Gasteiger partial charge in [-0.1, -0.05) is 0 Å². The molecule has 1 aliphatic rings. The van der Waals surface area contributed by atoms with E-state index >= 15 is 0 Å². The number of aryl methyl sites for hydroxylation is 1. The molecule has 0 saturated carbocycles. The van der Waals surface area contributed by atoms with E-state index in [1.165, 1.54) is 10.4 Å². The summed E-state index contributed by atoms with van der Waals surface area (Å²) in [6.07, 6.45) is 0. The molecule has 15 heavy (non-hydrogen) atoms. The molecule has 1 amide bonds. The van der Waals surface area contributed by atoms with Crippen molar-refractivity contribution in [2.24, 2.45) is 5.92 Å². The Kier molecular flexibility index (Phi) is 3.07. The molecule has 1 N–H and O–H groups in total. The van der Waals surface area contributed by atoms with Crippen LogP contribution in [0.5, 0.6) is 0 Å². The first-order valence-corrected chi connectivity index (χ1v) is 6.05. The number of hydrogen-bond acceptors (Lipinski definition) is 3. The maximum atomic E-state index is 11.9. The van der Waals surface area contributed by atoms with E-state index in [4.69, 9.17) is 0 Å². The molecule has 0 aromatic carbocycles. The molecule has 2 rings (SSSR count). The summed E-state index contributed by atoms with van der Waals surface area (Å²) in [6.45, 7) is 4.52. The predicted molar refractivity (Wildman–Crippen MR) is 61.9 cm³/mol. The van der Waals surface area contributed by atoms with Gasteiger partial charge >= 0.3 is 0 Å². The third-order valence-corrected chi connectivity index (χ3v) is 3.86. The van der Waals surface area contributed by atoms with Crippen molar-refractivity contribution < 1.29 is 4.79 Å². The molecule has 0 radical (unpaired) electrons. The maximum absolute atomic E-state index is 11.9. The molecule has 3 nitrogen and oxygen atoms in total. The third kappa shape index (κ3) is 2.21. The smallest absolute Gasteiger partial charge is 0.228 e. The Morgan fingerprint density at radius 3 is 2.87 bits per heavy atom. The van der Waals surface area contributed by atoms with Gasteiger partial charge < -0.3 is 10.2 Å². The predicted octanol–water partition coefficient (Wildman–Crippen LogP) is 1.23. The van der Waals surface area contributed by atoms with Crippen molar-refractivity contribution in [2.75, 3.05) is 20.1 Å². The fraction of sp³-hybridized carbons (Fsp3) is 0.545. The summed E-state index contributed by atoms with van der Waals surface area (Å²) in [5, 5.41) is 5.20. The number of nitrogens with one attached hydrogen (secondary N) is 1. The quantitative estimate of drug-likeness (QED) is 0.837. The van der Waals surface area contributed by atoms with E-state index < -0.39 is 0 Å². The molecule has 0 bridgehead atoms. The van der Waals surface area contributed by atoms with Crippen molar-refractivity contribution in [2.45, 2.75) is 13.5 Å². The van der Waals surface area contributed by atoms with E-state index in [1.54, 1.807) is 11.3 Å². The van der Waals surface area contributed by atoms with Crippen LogP contribution in [0.25, 0.3) is 0 Å². The van der Waals surface area contributed by atoms with Crippen molar-refractivity contribution >= 4 is 17.2 Å². The molecule has 2 heterocycles. The van der Waals surface area contributed by atoms with Crippen molar-refractivity contribution in [1.82, 2.24) is 10.2 Å². The SMILES string of the molecule is Cc1ccsc1CN(C)C(=O)C1CNC1. The molecule has 1 aromatic rings. The number of amides is 1. The largest absolute Gasteiger partial charge is 0.340 e. The van der Waals surface area contributed by atoms with Gasteiger partial charge in [0, 0.05) is 25.0 Å². The van der Waals surface area contributed by atoms with Gasteiger partial charge in [-0.2, -0.15) is 0 Å². The van der Waals surface area contributed by atoms with Crippen LogP contribution in [0.3, 0.4) is 0 Å². The molecule has 1 fully saturated rings. The highest BCUT2D eigenvalue weighted by Gasteiger charge is 2.27. The van der Waals surface area contributed by atoms with Gasteiger partial charge in [-0.15, -0.1) is 11.3 Å². The topological polar surface area (TPSA) is 32.3 Å². The lowest BCUT2D eigenvalue weighted by Crippen LogP contribution is -2.50. The lowest BCUT2D eigenvalue weighted by molar-refractivity contribution is -0.136. The minimum atomic E-state index is 0.204. The standard InChI is InChI=1S/C11H16N2OS/c1-8-3-4-15-10(8)7-13(2)11(14)9-5-12-6-9/h3-4,9,12H,5-7H2,1-2H3. The molecule has 1 aliphatic heterocycles. The van der Waals surface area contributed by atoms with Crippen LogP contribution in [-0.4, -0.2) is 30.9 Å². The van der Waals surface area contributed by atoms with Crippen LogP contribution in [0.4, 0.5) is 0 Å². The van der Waals surface area contributed by atoms with Crippen LogP contribution in [-0.2, 0) is 11.3 Å². The molecule has 0 atom stereocenters. The summed E-state index contributed by atoms with van der Waals surface area (Å²) in [7, 11) is 1.89. The number of hydrogen-bond donors (Lipinski definition) is 1. The first kappa shape index (κ1) is 10.6. The van der Waals surface area contributed by atoms with Gasteiger partial charge in [-0.05, 0) is 23.9 Å². The molecule has 1 saturated heterocycles. The lowest BCUT2D eigenvalue weighted by Gasteiger charge is -2.30. The van der Waals surface area contributed by atoms with Gasteiger partial charge in [-0.3, -0.25) is 4.79 Å². The van der Waals surface area contributed by atoms with Crippen LogP contribution < -0.4 is 5.32 Å². The first-order valence-electron chi connectivity index (χ1n) is 5.17. The molecule has 1 aromatic heterocycles. The van der Waals surface area contributed by atoms with Crippen molar-refractivity contribution in [3.63, 3.8) is 0 Å². The summed E-state index contributed by atoms with van der Waals surface area (Å²) in [5.74, 6) is 0.469. The number of carbonyl (C=O) groups excluding carboxylic acids is 1. The van der Waals surface area contributed by atoms with Crippen molar-refractivity contribution in [3.8, 4) is 0 Å². The molecule has 0 aliphatic carbocycles. The Morgan fingerprint density at radius 2 is 2.40 bits per heavy atom. The van der Waals surface area contributed by atoms with E-state index in [1.807, 2.05) is 11.9 Å². The summed E-state index contributed by atoms with van der Waals surface area (Å²) < 4.78 is 0. The zero-order valence-electron chi connectivity index (χ0n) is 9.12. The molecular weight excluding hydrogens is 208 g/mol. The van der Waals surface area contributed by atoms with Crippen LogP contribution >= 0.6 is 11.3 Å². The fourth-order valence-electron chi connectivity index (χ4n) is 1.63. The fourth-order valence-corrected chi connectivity index (χ4v) is 2.59. The summed E-state index contributed by atoms with van der Waals surface area (Å²) >= 11 is 1.72. The summed E-state index contributed by atoms with van der Waals surface area (Å²) in [6, 6.07) is 2.10. The van der Waals surface area contributed by atoms with Gasteiger partial charge in [0.05, 0.1) is 12.5 Å². The Hall–Kier alpha value is -0.870. The number of nitrogens with zero attached hydrogens (tertiary/aromatic N) is 1. The number of rotatable bonds is 3. The minimum absolute atomic E-state index is 0.204. The highest BCUT2D eigenvalue weighted by molar-refractivity contribution is 7.10. The molecule has 4 heteroatoms. The van der Waals surface area contributed by atoms with Crippen LogP contribution in [0.2, 0.25) is 0 Å². The zero-order chi connectivity index (χ0) is 10.8. The second-order valence-electron chi connectivity index (χ2n) is 4.08. The second kappa shape index (κ2) is 4.33. The van der Waals surface area contributed by atoms with Gasteiger partial charge in [0.2, 0.25) is 5.91 Å².